The molecule has 2 N–H and O–H groups in total. The van der Waals surface area contributed by atoms with Gasteiger partial charge in [-0.1, -0.05) is 24.3 Å². The van der Waals surface area contributed by atoms with E-state index in [1.54, 1.807) is 0 Å². The molecule has 0 aromatic heterocycles. The highest BCUT2D eigenvalue weighted by Crippen LogP contribution is 2.06. The van der Waals surface area contributed by atoms with Crippen molar-refractivity contribution in [2.45, 2.75) is 0 Å². The van der Waals surface area contributed by atoms with Crippen LogP contribution in [0.4, 0.5) is 0 Å². The minimum Gasteiger partial charge on any atom is -0.362 e. The summed E-state index contributed by atoms with van der Waals surface area (Å²) in [5.74, 6) is -0.904. The third-order valence-corrected chi connectivity index (χ3v) is 4.31. The van der Waals surface area contributed by atoms with Crippen LogP contribution in [0.2, 0.25) is 0 Å². The van der Waals surface area contributed by atoms with E-state index in [0.29, 0.717) is 0 Å². The Morgan fingerprint density at radius 1 is 0.852 bits per heavy atom. The van der Waals surface area contributed by atoms with Gasteiger partial charge in [-0.3, -0.25) is 9.59 Å². The molecule has 0 aliphatic carbocycles. The SMILES string of the molecule is O=C(COCC(=O)NN=Cc1cccc(I)c1)NN=Cc1cccc(I)c1. The number of nitrogens with one attached hydrogen (secondary N) is 2. The van der Waals surface area contributed by atoms with Gasteiger partial charge in [0, 0.05) is 7.14 Å². The first-order valence-electron chi connectivity index (χ1n) is 7.75. The first-order valence-corrected chi connectivity index (χ1v) is 9.91. The number of carbonyl (C=O) groups excluding carboxylic acids is 2. The van der Waals surface area contributed by atoms with E-state index in [-0.39, 0.29) is 13.2 Å². The number of ether oxygens (including phenoxy) is 1. The molecule has 0 aliphatic heterocycles. The lowest BCUT2D eigenvalue weighted by Gasteiger charge is -2.02. The number of hydrogen-bond donors (Lipinski definition) is 2. The van der Waals surface area contributed by atoms with Crippen LogP contribution in [-0.4, -0.2) is 37.5 Å². The predicted octanol–water partition coefficient (Wildman–Crippen LogP) is 2.51. The number of hydrogen-bond acceptors (Lipinski definition) is 5. The van der Waals surface area contributed by atoms with Crippen molar-refractivity contribution < 1.29 is 14.3 Å². The van der Waals surface area contributed by atoms with Gasteiger partial charge in [-0.2, -0.15) is 10.2 Å². The molecule has 0 radical (unpaired) electrons. The largest absolute Gasteiger partial charge is 0.362 e. The fourth-order valence-corrected chi connectivity index (χ4v) is 2.97. The summed E-state index contributed by atoms with van der Waals surface area (Å²) in [6.07, 6.45) is 3.07. The van der Waals surface area contributed by atoms with Crippen molar-refractivity contribution in [3.63, 3.8) is 0 Å². The Balaban J connectivity index is 1.63. The zero-order chi connectivity index (χ0) is 19.5. The molecule has 2 rings (SSSR count). The summed E-state index contributed by atoms with van der Waals surface area (Å²) in [5.41, 5.74) is 6.41. The molecule has 27 heavy (non-hydrogen) atoms. The summed E-state index contributed by atoms with van der Waals surface area (Å²) in [7, 11) is 0. The van der Waals surface area contributed by atoms with Crippen LogP contribution in [0.25, 0.3) is 0 Å². The molecule has 9 heteroatoms. The van der Waals surface area contributed by atoms with Crippen molar-refractivity contribution in [1.29, 1.82) is 0 Å². The van der Waals surface area contributed by atoms with Gasteiger partial charge in [0.25, 0.3) is 11.8 Å². The van der Waals surface area contributed by atoms with E-state index < -0.39 is 11.8 Å². The van der Waals surface area contributed by atoms with Gasteiger partial charge in [-0.05, 0) is 80.6 Å². The molecule has 2 aromatic carbocycles. The molecule has 0 aliphatic rings. The number of amides is 2. The van der Waals surface area contributed by atoms with E-state index in [4.69, 9.17) is 4.74 Å². The Labute approximate surface area is 183 Å². The molecule has 0 fully saturated rings. The van der Waals surface area contributed by atoms with Crippen molar-refractivity contribution in [1.82, 2.24) is 10.9 Å². The summed E-state index contributed by atoms with van der Waals surface area (Å²) in [6, 6.07) is 15.3. The van der Waals surface area contributed by atoms with Gasteiger partial charge in [-0.25, -0.2) is 10.9 Å². The van der Waals surface area contributed by atoms with Crippen LogP contribution in [0.15, 0.2) is 58.7 Å². The second kappa shape index (κ2) is 11.8. The number of rotatable bonds is 8. The van der Waals surface area contributed by atoms with Crippen LogP contribution in [-0.2, 0) is 14.3 Å². The number of carbonyl (C=O) groups is 2. The standard InChI is InChI=1S/C18H16I2N4O3/c19-15-5-1-3-13(7-15)9-21-23-17(25)11-27-12-18(26)24-22-10-14-4-2-6-16(20)8-14/h1-10H,11-12H2,(H,23,25)(H,24,26). The number of halogens is 2. The number of hydrazone groups is 2. The smallest absolute Gasteiger partial charge is 0.266 e. The van der Waals surface area contributed by atoms with E-state index in [9.17, 15) is 9.59 Å². The number of benzene rings is 2. The highest BCUT2D eigenvalue weighted by molar-refractivity contribution is 14.1. The third kappa shape index (κ3) is 9.06. The predicted molar refractivity (Wildman–Crippen MR) is 121 cm³/mol. The Kier molecular flexibility index (Phi) is 9.35. The molecule has 0 bridgehead atoms. The average molecular weight is 590 g/mol. The first-order chi connectivity index (χ1) is 13.0. The average Bonchev–Trinajstić information content (AvgIpc) is 2.62. The van der Waals surface area contributed by atoms with E-state index >= 15 is 0 Å². The fraction of sp³-hybridized carbons (Fsp3) is 0.111. The Morgan fingerprint density at radius 3 is 1.70 bits per heavy atom. The van der Waals surface area contributed by atoms with Crippen LogP contribution in [0, 0.1) is 7.14 Å². The second-order valence-electron chi connectivity index (χ2n) is 5.19. The van der Waals surface area contributed by atoms with Crippen molar-refractivity contribution in [3.05, 3.63) is 66.8 Å². The van der Waals surface area contributed by atoms with Gasteiger partial charge in [0.05, 0.1) is 12.4 Å². The topological polar surface area (TPSA) is 92.2 Å². The third-order valence-electron chi connectivity index (χ3n) is 2.97. The second-order valence-corrected chi connectivity index (χ2v) is 7.68. The van der Waals surface area contributed by atoms with Crippen LogP contribution < -0.4 is 10.9 Å². The molecule has 0 atom stereocenters. The van der Waals surface area contributed by atoms with Gasteiger partial charge >= 0.3 is 0 Å². The monoisotopic (exact) mass is 590 g/mol. The molecule has 0 saturated heterocycles. The van der Waals surface area contributed by atoms with Crippen LogP contribution in [0.3, 0.4) is 0 Å². The van der Waals surface area contributed by atoms with Crippen molar-refractivity contribution in [3.8, 4) is 0 Å². The summed E-state index contributed by atoms with van der Waals surface area (Å²) in [5, 5.41) is 7.68. The molecule has 0 spiro atoms. The van der Waals surface area contributed by atoms with Gasteiger partial charge in [0.2, 0.25) is 0 Å². The van der Waals surface area contributed by atoms with Gasteiger partial charge in [0.1, 0.15) is 13.2 Å². The summed E-state index contributed by atoms with van der Waals surface area (Å²) in [6.45, 7) is -0.560. The maximum absolute atomic E-state index is 11.6. The molecule has 2 amide bonds. The van der Waals surface area contributed by atoms with Crippen molar-refractivity contribution in [2.75, 3.05) is 13.2 Å². The molecule has 2 aromatic rings. The lowest BCUT2D eigenvalue weighted by atomic mass is 10.2. The lowest BCUT2D eigenvalue weighted by molar-refractivity contribution is -0.130. The summed E-state index contributed by atoms with van der Waals surface area (Å²) < 4.78 is 7.17. The summed E-state index contributed by atoms with van der Waals surface area (Å²) in [4.78, 5) is 23.2. The highest BCUT2D eigenvalue weighted by atomic mass is 127. The van der Waals surface area contributed by atoms with Crippen molar-refractivity contribution >= 4 is 69.4 Å². The molecule has 0 heterocycles. The molecule has 7 nitrogen and oxygen atoms in total. The highest BCUT2D eigenvalue weighted by Gasteiger charge is 2.03. The van der Waals surface area contributed by atoms with E-state index in [2.05, 4.69) is 66.2 Å². The fourth-order valence-electron chi connectivity index (χ4n) is 1.83. The Bertz CT molecular complexity index is 787. The maximum atomic E-state index is 11.6. The molecule has 0 unspecified atom stereocenters. The zero-order valence-electron chi connectivity index (χ0n) is 14.1. The normalized spacial score (nSPS) is 11.0. The van der Waals surface area contributed by atoms with Crippen LogP contribution in [0.1, 0.15) is 11.1 Å². The molecule has 140 valence electrons. The van der Waals surface area contributed by atoms with Crippen LogP contribution >= 0.6 is 45.2 Å². The minimum atomic E-state index is -0.452. The lowest BCUT2D eigenvalue weighted by Crippen LogP contribution is -2.28. The molecular formula is C18H16I2N4O3. The summed E-state index contributed by atoms with van der Waals surface area (Å²) >= 11 is 4.38. The Hall–Kier alpha value is -1.86. The van der Waals surface area contributed by atoms with Gasteiger partial charge in [-0.15, -0.1) is 0 Å². The first kappa shape index (κ1) is 21.4. The Morgan fingerprint density at radius 2 is 1.30 bits per heavy atom. The molecule has 0 saturated carbocycles. The van der Waals surface area contributed by atoms with E-state index in [1.165, 1.54) is 12.4 Å². The minimum absolute atomic E-state index is 0.280. The van der Waals surface area contributed by atoms with Crippen LogP contribution in [0.5, 0.6) is 0 Å². The zero-order valence-corrected chi connectivity index (χ0v) is 18.4. The van der Waals surface area contributed by atoms with Gasteiger partial charge in [0.15, 0.2) is 0 Å². The van der Waals surface area contributed by atoms with Crippen molar-refractivity contribution in [2.24, 2.45) is 10.2 Å². The van der Waals surface area contributed by atoms with E-state index in [1.807, 2.05) is 48.5 Å². The molecular weight excluding hydrogens is 574 g/mol. The number of nitrogens with zero attached hydrogens (tertiary/aromatic N) is 2. The van der Waals surface area contributed by atoms with Gasteiger partial charge < -0.3 is 4.74 Å². The maximum Gasteiger partial charge on any atom is 0.266 e. The van der Waals surface area contributed by atoms with E-state index in [0.717, 1.165) is 18.3 Å². The quantitative estimate of drug-likeness (QED) is 0.282.